The fourth-order valence-electron chi connectivity index (χ4n) is 1.36. The molecule has 0 saturated carbocycles. The minimum atomic E-state index is -0.637. The fraction of sp³-hybridized carbons (Fsp3) is 0.444. The van der Waals surface area contributed by atoms with Crippen molar-refractivity contribution < 1.29 is 9.72 Å². The van der Waals surface area contributed by atoms with E-state index in [1.165, 1.54) is 4.90 Å². The van der Waals surface area contributed by atoms with Gasteiger partial charge in [0.25, 0.3) is 0 Å². The zero-order chi connectivity index (χ0) is 13.9. The van der Waals surface area contributed by atoms with Crippen LogP contribution in [0, 0.1) is 10.1 Å². The van der Waals surface area contributed by atoms with Crippen LogP contribution in [-0.2, 0) is 4.79 Å². The maximum Gasteiger partial charge on any atom is 0.329 e. The van der Waals surface area contributed by atoms with E-state index in [0.29, 0.717) is 0 Å². The van der Waals surface area contributed by atoms with Gasteiger partial charge in [-0.05, 0) is 25.4 Å². The average molecular weight is 274 g/mol. The topological polar surface area (TPSA) is 115 Å². The number of nitro groups is 1. The first kappa shape index (κ1) is 14.1. The molecule has 0 bridgehead atoms. The molecule has 1 aromatic heterocycles. The molecule has 18 heavy (non-hydrogen) atoms. The highest BCUT2D eigenvalue weighted by Crippen LogP contribution is 2.27. The van der Waals surface area contributed by atoms with Crippen molar-refractivity contribution in [3.63, 3.8) is 0 Å². The van der Waals surface area contributed by atoms with Crippen LogP contribution in [0.25, 0.3) is 0 Å². The van der Waals surface area contributed by atoms with Crippen LogP contribution >= 0.6 is 11.6 Å². The van der Waals surface area contributed by atoms with Gasteiger partial charge in [-0.2, -0.15) is 4.98 Å². The number of nitrogens with zero attached hydrogens (tertiary/aromatic N) is 4. The molecule has 1 amide bonds. The Morgan fingerprint density at radius 2 is 2.28 bits per heavy atom. The van der Waals surface area contributed by atoms with Crippen molar-refractivity contribution in [1.29, 1.82) is 0 Å². The van der Waals surface area contributed by atoms with Crippen LogP contribution in [0.1, 0.15) is 13.8 Å². The molecule has 0 aliphatic rings. The third-order valence-electron chi connectivity index (χ3n) is 2.14. The number of amides is 1. The Balaban J connectivity index is 3.29. The second-order valence-electron chi connectivity index (χ2n) is 3.79. The van der Waals surface area contributed by atoms with Crippen LogP contribution in [0.4, 0.5) is 11.5 Å². The molecule has 1 heterocycles. The van der Waals surface area contributed by atoms with Crippen molar-refractivity contribution in [2.45, 2.75) is 19.9 Å². The van der Waals surface area contributed by atoms with E-state index in [4.69, 9.17) is 17.3 Å². The summed E-state index contributed by atoms with van der Waals surface area (Å²) in [4.78, 5) is 30.0. The summed E-state index contributed by atoms with van der Waals surface area (Å²) < 4.78 is 0. The largest absolute Gasteiger partial charge is 0.368 e. The molecule has 0 aromatic carbocycles. The molecular formula is C9H12ClN5O3. The molecule has 0 fully saturated rings. The lowest BCUT2D eigenvalue weighted by molar-refractivity contribution is -0.384. The Morgan fingerprint density at radius 3 is 2.72 bits per heavy atom. The second kappa shape index (κ2) is 5.58. The summed E-state index contributed by atoms with van der Waals surface area (Å²) in [6.07, 6.45) is 1.00. The van der Waals surface area contributed by atoms with E-state index in [0.717, 1.165) is 6.20 Å². The first-order valence-corrected chi connectivity index (χ1v) is 5.42. The highest BCUT2D eigenvalue weighted by molar-refractivity contribution is 6.28. The standard InChI is InChI=1S/C9H12ClN5O3/c1-5(2)14(4-7(11)16)8-6(15(17)18)3-12-9(10)13-8/h3,5H,4H2,1-2H3,(H2,11,16). The van der Waals surface area contributed by atoms with E-state index in [2.05, 4.69) is 9.97 Å². The van der Waals surface area contributed by atoms with Gasteiger partial charge < -0.3 is 10.6 Å². The van der Waals surface area contributed by atoms with E-state index in [1.54, 1.807) is 13.8 Å². The number of hydrogen-bond acceptors (Lipinski definition) is 6. The van der Waals surface area contributed by atoms with Gasteiger partial charge in [0.05, 0.1) is 11.5 Å². The lowest BCUT2D eigenvalue weighted by atomic mass is 10.3. The molecule has 0 spiro atoms. The van der Waals surface area contributed by atoms with Crippen LogP contribution in [0.5, 0.6) is 0 Å². The van der Waals surface area contributed by atoms with Crippen molar-refractivity contribution in [1.82, 2.24) is 9.97 Å². The predicted octanol–water partition coefficient (Wildman–Crippen LogP) is 0.738. The maximum atomic E-state index is 11.0. The minimum Gasteiger partial charge on any atom is -0.368 e. The zero-order valence-corrected chi connectivity index (χ0v) is 10.6. The van der Waals surface area contributed by atoms with Gasteiger partial charge in [-0.25, -0.2) is 4.98 Å². The summed E-state index contributed by atoms with van der Waals surface area (Å²) in [7, 11) is 0. The Kier molecular flexibility index (Phi) is 4.38. The Hall–Kier alpha value is -1.96. The first-order chi connectivity index (χ1) is 8.32. The lowest BCUT2D eigenvalue weighted by Gasteiger charge is -2.25. The number of carbonyl (C=O) groups excluding carboxylic acids is 1. The minimum absolute atomic E-state index is 0.0196. The fourth-order valence-corrected chi connectivity index (χ4v) is 1.48. The molecule has 2 N–H and O–H groups in total. The SMILES string of the molecule is CC(C)N(CC(N)=O)c1nc(Cl)ncc1[N+](=O)[O-]. The molecule has 1 rings (SSSR count). The molecular weight excluding hydrogens is 262 g/mol. The Bertz CT molecular complexity index is 479. The van der Waals surface area contributed by atoms with Gasteiger partial charge in [0, 0.05) is 6.04 Å². The second-order valence-corrected chi connectivity index (χ2v) is 4.13. The van der Waals surface area contributed by atoms with Crippen molar-refractivity contribution in [2.24, 2.45) is 5.73 Å². The average Bonchev–Trinajstić information content (AvgIpc) is 2.24. The van der Waals surface area contributed by atoms with Crippen LogP contribution in [0.2, 0.25) is 5.28 Å². The van der Waals surface area contributed by atoms with E-state index >= 15 is 0 Å². The van der Waals surface area contributed by atoms with Crippen LogP contribution in [0.15, 0.2) is 6.20 Å². The van der Waals surface area contributed by atoms with Crippen molar-refractivity contribution >= 4 is 29.0 Å². The number of nitrogens with two attached hydrogens (primary N) is 1. The third kappa shape index (κ3) is 3.27. The van der Waals surface area contributed by atoms with Gasteiger partial charge in [0.15, 0.2) is 0 Å². The van der Waals surface area contributed by atoms with Crippen LogP contribution in [0.3, 0.4) is 0 Å². The first-order valence-electron chi connectivity index (χ1n) is 5.04. The van der Waals surface area contributed by atoms with Gasteiger partial charge in [-0.1, -0.05) is 0 Å². The molecule has 0 radical (unpaired) electrons. The van der Waals surface area contributed by atoms with Gasteiger partial charge in [-0.15, -0.1) is 0 Å². The Labute approximate surface area is 108 Å². The molecule has 98 valence electrons. The van der Waals surface area contributed by atoms with Gasteiger partial charge in [0.1, 0.15) is 6.20 Å². The highest BCUT2D eigenvalue weighted by Gasteiger charge is 2.25. The van der Waals surface area contributed by atoms with Crippen molar-refractivity contribution in [2.75, 3.05) is 11.4 Å². The predicted molar refractivity (Wildman–Crippen MR) is 65.4 cm³/mol. The van der Waals surface area contributed by atoms with Gasteiger partial charge in [-0.3, -0.25) is 14.9 Å². The maximum absolute atomic E-state index is 11.0. The molecule has 9 heteroatoms. The monoisotopic (exact) mass is 273 g/mol. The summed E-state index contributed by atoms with van der Waals surface area (Å²) in [5.74, 6) is -0.637. The summed E-state index contributed by atoms with van der Waals surface area (Å²) in [5, 5.41) is 10.8. The molecule has 1 aromatic rings. The zero-order valence-electron chi connectivity index (χ0n) is 9.83. The lowest BCUT2D eigenvalue weighted by Crippen LogP contribution is -2.39. The summed E-state index contributed by atoms with van der Waals surface area (Å²) >= 11 is 5.62. The summed E-state index contributed by atoms with van der Waals surface area (Å²) in [6.45, 7) is 3.32. The normalized spacial score (nSPS) is 10.4. The number of rotatable bonds is 5. The van der Waals surface area contributed by atoms with E-state index in [9.17, 15) is 14.9 Å². The number of carbonyl (C=O) groups is 1. The summed E-state index contributed by atoms with van der Waals surface area (Å²) in [5.41, 5.74) is 4.78. The highest BCUT2D eigenvalue weighted by atomic mass is 35.5. The smallest absolute Gasteiger partial charge is 0.329 e. The molecule has 0 atom stereocenters. The number of anilines is 1. The van der Waals surface area contributed by atoms with Crippen LogP contribution < -0.4 is 10.6 Å². The van der Waals surface area contributed by atoms with Gasteiger partial charge in [0.2, 0.25) is 17.0 Å². The molecule has 8 nitrogen and oxygen atoms in total. The van der Waals surface area contributed by atoms with E-state index < -0.39 is 10.8 Å². The van der Waals surface area contributed by atoms with Gasteiger partial charge >= 0.3 is 5.69 Å². The molecule has 0 unspecified atom stereocenters. The van der Waals surface area contributed by atoms with Crippen molar-refractivity contribution in [3.8, 4) is 0 Å². The van der Waals surface area contributed by atoms with E-state index in [-0.39, 0.29) is 29.4 Å². The Morgan fingerprint density at radius 1 is 1.67 bits per heavy atom. The molecule has 0 aliphatic carbocycles. The quantitative estimate of drug-likeness (QED) is 0.480. The number of hydrogen-bond donors (Lipinski definition) is 1. The third-order valence-corrected chi connectivity index (χ3v) is 2.32. The number of halogens is 1. The van der Waals surface area contributed by atoms with Crippen molar-refractivity contribution in [3.05, 3.63) is 21.6 Å². The number of primary amides is 1. The molecule has 0 saturated heterocycles. The summed E-state index contributed by atoms with van der Waals surface area (Å²) in [6, 6.07) is -0.206. The molecule has 0 aliphatic heterocycles. The van der Waals surface area contributed by atoms with E-state index in [1.807, 2.05) is 0 Å². The van der Waals surface area contributed by atoms with Crippen LogP contribution in [-0.4, -0.2) is 33.4 Å². The number of aromatic nitrogens is 2.